The van der Waals surface area contributed by atoms with E-state index in [0.717, 1.165) is 11.1 Å². The van der Waals surface area contributed by atoms with Crippen LogP contribution in [0.3, 0.4) is 0 Å². The molecule has 2 aromatic heterocycles. The Hall–Kier alpha value is -3.01. The van der Waals surface area contributed by atoms with E-state index in [-0.39, 0.29) is 16.4 Å². The van der Waals surface area contributed by atoms with Crippen molar-refractivity contribution in [3.8, 4) is 10.4 Å². The number of hydrogen-bond acceptors (Lipinski definition) is 7. The van der Waals surface area contributed by atoms with Gasteiger partial charge in [-0.2, -0.15) is 13.2 Å². The number of rotatable bonds is 8. The molecule has 16 heteroatoms. The molecule has 0 spiro atoms. The molecule has 1 saturated heterocycles. The molecular weight excluding hydrogens is 547 g/mol. The van der Waals surface area contributed by atoms with Crippen molar-refractivity contribution in [1.29, 1.82) is 0 Å². The second-order valence-corrected chi connectivity index (χ2v) is 8.94. The molecule has 8 nitrogen and oxygen atoms in total. The third kappa shape index (κ3) is 7.75. The number of aliphatic hydroxyl groups excluding tert-OH is 1. The highest BCUT2D eigenvalue weighted by atomic mass is 32.1. The maximum Gasteiger partial charge on any atom is 0.405 e. The Bertz CT molecular complexity index is 1130. The van der Waals surface area contributed by atoms with E-state index in [1.807, 2.05) is 19.2 Å². The Balaban J connectivity index is 0.00000247. The van der Waals surface area contributed by atoms with Crippen LogP contribution in [0.15, 0.2) is 12.3 Å². The number of carbonyl (C=O) groups is 2. The third-order valence-corrected chi connectivity index (χ3v) is 6.18. The first kappa shape index (κ1) is 31.2. The lowest BCUT2D eigenvalue weighted by Crippen LogP contribution is -2.35. The number of amides is 2. The second kappa shape index (κ2) is 12.7. The molecule has 0 aliphatic carbocycles. The van der Waals surface area contributed by atoms with Crippen LogP contribution in [0.4, 0.5) is 36.6 Å². The van der Waals surface area contributed by atoms with Gasteiger partial charge in [-0.25, -0.2) is 27.5 Å². The minimum atomic E-state index is -4.64. The van der Waals surface area contributed by atoms with Crippen molar-refractivity contribution in [2.24, 2.45) is 0 Å². The van der Waals surface area contributed by atoms with Crippen LogP contribution < -0.4 is 10.6 Å². The lowest BCUT2D eigenvalue weighted by molar-refractivity contribution is -0.115. The number of aliphatic hydroxyl groups is 1. The van der Waals surface area contributed by atoms with Gasteiger partial charge in [0.25, 0.3) is 24.2 Å². The number of nitrogens with one attached hydrogen (secondary N) is 2. The number of likely N-dealkylation sites (tertiary alicyclic amines) is 1. The van der Waals surface area contributed by atoms with Crippen LogP contribution >= 0.6 is 11.3 Å². The Kier molecular flexibility index (Phi) is 10.4. The predicted octanol–water partition coefficient (Wildman–Crippen LogP) is 4.73. The molecule has 1 aliphatic heterocycles. The quantitative estimate of drug-likeness (QED) is 0.394. The molecule has 0 saturated carbocycles. The van der Waals surface area contributed by atoms with Crippen molar-refractivity contribution >= 4 is 29.0 Å². The standard InChI is InChI=1S/C20H20F7N5O3S.C2H6/c1-9-5-19(23,24)8-32(9)18(35)13-14(36-17(31-13)16(34)28-2-3-33)11-6-29-12(4-10(11)15(21)22)30-7-20(25,26)27;1-2/h4,6,9,15,33H,2-3,5,7-8H2,1H3,(H,28,34)(H,29,30);1-2H3. The number of anilines is 1. The molecule has 0 aromatic carbocycles. The van der Waals surface area contributed by atoms with E-state index >= 15 is 0 Å². The Labute approximate surface area is 217 Å². The molecule has 2 amide bonds. The molecule has 1 unspecified atom stereocenters. The zero-order valence-electron chi connectivity index (χ0n) is 20.5. The average Bonchev–Trinajstić information content (AvgIpc) is 3.41. The molecule has 3 rings (SSSR count). The molecule has 1 fully saturated rings. The summed E-state index contributed by atoms with van der Waals surface area (Å²) in [5.41, 5.74) is -1.77. The van der Waals surface area contributed by atoms with Crippen molar-refractivity contribution in [2.75, 3.05) is 31.6 Å². The van der Waals surface area contributed by atoms with Crippen LogP contribution in [0.1, 0.15) is 59.5 Å². The highest BCUT2D eigenvalue weighted by Gasteiger charge is 2.46. The molecular formula is C22H26F7N5O3S. The number of aromatic nitrogens is 2. The van der Waals surface area contributed by atoms with Gasteiger partial charge in [0.2, 0.25) is 0 Å². The highest BCUT2D eigenvalue weighted by molar-refractivity contribution is 7.17. The molecule has 1 atom stereocenters. The maximum atomic E-state index is 13.9. The van der Waals surface area contributed by atoms with Gasteiger partial charge in [0.05, 0.1) is 18.0 Å². The molecule has 3 heterocycles. The van der Waals surface area contributed by atoms with E-state index in [9.17, 15) is 40.3 Å². The number of carbonyl (C=O) groups excluding carboxylic acids is 2. The summed E-state index contributed by atoms with van der Waals surface area (Å²) < 4.78 is 93.1. The molecule has 2 aromatic rings. The maximum absolute atomic E-state index is 13.9. The van der Waals surface area contributed by atoms with Crippen LogP contribution in [-0.4, -0.2) is 76.2 Å². The van der Waals surface area contributed by atoms with Crippen LogP contribution in [-0.2, 0) is 0 Å². The van der Waals surface area contributed by atoms with Gasteiger partial charge >= 0.3 is 6.18 Å². The van der Waals surface area contributed by atoms with Gasteiger partial charge in [-0.05, 0) is 13.0 Å². The summed E-state index contributed by atoms with van der Waals surface area (Å²) in [5, 5.41) is 12.7. The Morgan fingerprint density at radius 2 is 1.95 bits per heavy atom. The highest BCUT2D eigenvalue weighted by Crippen LogP contribution is 2.40. The van der Waals surface area contributed by atoms with Gasteiger partial charge in [-0.3, -0.25) is 9.59 Å². The summed E-state index contributed by atoms with van der Waals surface area (Å²) in [6.45, 7) is 2.27. The Morgan fingerprint density at radius 1 is 1.29 bits per heavy atom. The van der Waals surface area contributed by atoms with Gasteiger partial charge in [0, 0.05) is 36.3 Å². The third-order valence-electron chi connectivity index (χ3n) is 5.10. The van der Waals surface area contributed by atoms with E-state index in [1.165, 1.54) is 6.92 Å². The zero-order chi connectivity index (χ0) is 28.8. The average molecular weight is 574 g/mol. The minimum Gasteiger partial charge on any atom is -0.395 e. The number of hydrogen-bond donors (Lipinski definition) is 3. The van der Waals surface area contributed by atoms with Crippen LogP contribution in [0.2, 0.25) is 0 Å². The summed E-state index contributed by atoms with van der Waals surface area (Å²) in [7, 11) is 0. The van der Waals surface area contributed by atoms with Crippen molar-refractivity contribution < 1.29 is 45.4 Å². The van der Waals surface area contributed by atoms with E-state index in [0.29, 0.717) is 17.4 Å². The van der Waals surface area contributed by atoms with E-state index in [4.69, 9.17) is 5.11 Å². The van der Waals surface area contributed by atoms with Gasteiger partial charge in [-0.15, -0.1) is 11.3 Å². The van der Waals surface area contributed by atoms with Crippen LogP contribution in [0.5, 0.6) is 0 Å². The zero-order valence-corrected chi connectivity index (χ0v) is 21.3. The molecule has 212 valence electrons. The monoisotopic (exact) mass is 573 g/mol. The van der Waals surface area contributed by atoms with Crippen molar-refractivity contribution in [2.45, 2.75) is 51.8 Å². The summed E-state index contributed by atoms with van der Waals surface area (Å²) in [6, 6.07) is -0.256. The first-order valence-electron chi connectivity index (χ1n) is 11.4. The van der Waals surface area contributed by atoms with Gasteiger partial charge in [-0.1, -0.05) is 13.8 Å². The van der Waals surface area contributed by atoms with Crippen molar-refractivity contribution in [3.05, 3.63) is 28.5 Å². The van der Waals surface area contributed by atoms with E-state index in [1.54, 1.807) is 0 Å². The topological polar surface area (TPSA) is 107 Å². The predicted molar refractivity (Wildman–Crippen MR) is 126 cm³/mol. The summed E-state index contributed by atoms with van der Waals surface area (Å²) in [6.07, 6.45) is -7.72. The second-order valence-electron chi connectivity index (χ2n) is 7.94. The normalized spacial score (nSPS) is 16.7. The van der Waals surface area contributed by atoms with E-state index < -0.39 is 85.1 Å². The number of thiazole rings is 1. The molecule has 0 radical (unpaired) electrons. The number of nitrogens with zero attached hydrogens (tertiary/aromatic N) is 3. The van der Waals surface area contributed by atoms with Crippen molar-refractivity contribution in [3.63, 3.8) is 0 Å². The fourth-order valence-electron chi connectivity index (χ4n) is 3.54. The van der Waals surface area contributed by atoms with Gasteiger partial charge in [0.1, 0.15) is 18.1 Å². The molecule has 0 bridgehead atoms. The lowest BCUT2D eigenvalue weighted by atomic mass is 10.1. The van der Waals surface area contributed by atoms with Crippen LogP contribution in [0.25, 0.3) is 10.4 Å². The SMILES string of the molecule is CC.CC1CC(F)(F)CN1C(=O)c1nc(C(=O)NCCO)sc1-c1cnc(NCC(F)(F)F)cc1C(F)F. The van der Waals surface area contributed by atoms with Crippen LogP contribution in [0, 0.1) is 0 Å². The van der Waals surface area contributed by atoms with Gasteiger partial charge in [0.15, 0.2) is 5.01 Å². The number of alkyl halides is 7. The van der Waals surface area contributed by atoms with Crippen molar-refractivity contribution in [1.82, 2.24) is 20.2 Å². The van der Waals surface area contributed by atoms with E-state index in [2.05, 4.69) is 15.3 Å². The fourth-order valence-corrected chi connectivity index (χ4v) is 4.54. The summed E-state index contributed by atoms with van der Waals surface area (Å²) in [4.78, 5) is 33.7. The summed E-state index contributed by atoms with van der Waals surface area (Å²) in [5.74, 6) is -5.60. The molecule has 1 aliphatic rings. The summed E-state index contributed by atoms with van der Waals surface area (Å²) >= 11 is 0.501. The Morgan fingerprint density at radius 3 is 2.47 bits per heavy atom. The first-order valence-corrected chi connectivity index (χ1v) is 12.2. The molecule has 3 N–H and O–H groups in total. The lowest BCUT2D eigenvalue weighted by Gasteiger charge is -2.20. The number of pyridine rings is 1. The fraction of sp³-hybridized carbons (Fsp3) is 0.545. The minimum absolute atomic E-state index is 0.185. The van der Waals surface area contributed by atoms with Gasteiger partial charge < -0.3 is 20.6 Å². The molecule has 38 heavy (non-hydrogen) atoms. The smallest absolute Gasteiger partial charge is 0.395 e. The largest absolute Gasteiger partial charge is 0.405 e. The number of halogens is 7. The first-order chi connectivity index (χ1) is 17.7.